The molecule has 0 unspecified atom stereocenters. The van der Waals surface area contributed by atoms with Crippen molar-refractivity contribution in [3.63, 3.8) is 0 Å². The molecule has 8 heteroatoms. The van der Waals surface area contributed by atoms with Crippen molar-refractivity contribution in [2.75, 3.05) is 13.4 Å². The number of aromatic nitrogens is 1. The van der Waals surface area contributed by atoms with Crippen molar-refractivity contribution >= 4 is 52.7 Å². The Balaban J connectivity index is 0.00000225. The SMILES string of the molecule is COc1cccc(Cc2csc(-c3cc(C(=N)N)sc3SC)n2)c1.Cl. The molecule has 0 saturated heterocycles. The van der Waals surface area contributed by atoms with Crippen molar-refractivity contribution in [1.82, 2.24) is 4.98 Å². The molecule has 1 aromatic carbocycles. The van der Waals surface area contributed by atoms with Crippen LogP contribution in [0.5, 0.6) is 5.75 Å². The maximum atomic E-state index is 7.63. The molecule has 0 bridgehead atoms. The van der Waals surface area contributed by atoms with Crippen LogP contribution in [0.15, 0.2) is 39.9 Å². The van der Waals surface area contributed by atoms with Crippen LogP contribution in [0.3, 0.4) is 0 Å². The van der Waals surface area contributed by atoms with E-state index in [1.807, 2.05) is 30.5 Å². The number of halogens is 1. The number of hydrogen-bond acceptors (Lipinski definition) is 6. The Labute approximate surface area is 165 Å². The zero-order chi connectivity index (χ0) is 17.1. The van der Waals surface area contributed by atoms with E-state index >= 15 is 0 Å². The first kappa shape index (κ1) is 19.8. The third kappa shape index (κ3) is 4.55. The normalized spacial score (nSPS) is 10.3. The number of thiazole rings is 1. The minimum Gasteiger partial charge on any atom is -0.497 e. The summed E-state index contributed by atoms with van der Waals surface area (Å²) in [4.78, 5) is 5.56. The van der Waals surface area contributed by atoms with Crippen molar-refractivity contribution in [2.45, 2.75) is 10.6 Å². The van der Waals surface area contributed by atoms with Gasteiger partial charge >= 0.3 is 0 Å². The van der Waals surface area contributed by atoms with Crippen LogP contribution in [-0.4, -0.2) is 24.2 Å². The maximum absolute atomic E-state index is 7.63. The number of rotatable bonds is 6. The molecule has 2 aromatic heterocycles. The second-order valence-corrected chi connectivity index (χ2v) is 8.09. The van der Waals surface area contributed by atoms with Gasteiger partial charge in [0.15, 0.2) is 0 Å². The summed E-state index contributed by atoms with van der Waals surface area (Å²) in [5.74, 6) is 0.964. The molecule has 0 radical (unpaired) electrons. The number of nitrogen functional groups attached to an aromatic ring is 1. The quantitative estimate of drug-likeness (QED) is 0.344. The smallest absolute Gasteiger partial charge is 0.133 e. The molecule has 132 valence electrons. The van der Waals surface area contributed by atoms with Crippen LogP contribution in [0, 0.1) is 5.41 Å². The zero-order valence-electron chi connectivity index (χ0n) is 13.7. The molecule has 0 aliphatic carbocycles. The molecule has 0 spiro atoms. The van der Waals surface area contributed by atoms with Gasteiger partial charge in [0.05, 0.1) is 21.9 Å². The van der Waals surface area contributed by atoms with E-state index in [0.29, 0.717) is 0 Å². The second kappa shape index (κ2) is 8.71. The number of benzene rings is 1. The van der Waals surface area contributed by atoms with Crippen LogP contribution in [0.4, 0.5) is 0 Å². The van der Waals surface area contributed by atoms with Gasteiger partial charge in [0.1, 0.15) is 16.6 Å². The van der Waals surface area contributed by atoms with Crippen LogP contribution in [0.25, 0.3) is 10.6 Å². The van der Waals surface area contributed by atoms with E-state index in [1.165, 1.54) is 5.56 Å². The topological polar surface area (TPSA) is 72.0 Å². The van der Waals surface area contributed by atoms with Crippen LogP contribution in [0.1, 0.15) is 16.1 Å². The molecule has 0 aliphatic rings. The lowest BCUT2D eigenvalue weighted by Gasteiger charge is -2.02. The molecular formula is C17H18ClN3OS3. The fourth-order valence-electron chi connectivity index (χ4n) is 2.31. The van der Waals surface area contributed by atoms with E-state index in [1.54, 1.807) is 41.5 Å². The van der Waals surface area contributed by atoms with Gasteiger partial charge in [-0.3, -0.25) is 5.41 Å². The van der Waals surface area contributed by atoms with Crippen LogP contribution < -0.4 is 10.5 Å². The number of nitrogens with two attached hydrogens (primary N) is 1. The molecule has 3 rings (SSSR count). The number of hydrogen-bond donors (Lipinski definition) is 2. The predicted molar refractivity (Wildman–Crippen MR) is 111 cm³/mol. The van der Waals surface area contributed by atoms with Gasteiger partial charge in [0.25, 0.3) is 0 Å². The molecule has 25 heavy (non-hydrogen) atoms. The lowest BCUT2D eigenvalue weighted by atomic mass is 10.1. The Morgan fingerprint density at radius 3 is 2.84 bits per heavy atom. The first-order chi connectivity index (χ1) is 11.6. The molecule has 3 N–H and O–H groups in total. The van der Waals surface area contributed by atoms with Gasteiger partial charge < -0.3 is 10.5 Å². The Bertz CT molecular complexity index is 876. The van der Waals surface area contributed by atoms with Gasteiger partial charge in [-0.2, -0.15) is 0 Å². The average Bonchev–Trinajstić information content (AvgIpc) is 3.21. The number of nitrogens with one attached hydrogen (secondary N) is 1. The van der Waals surface area contributed by atoms with Crippen molar-refractivity contribution < 1.29 is 4.74 Å². The number of nitrogens with zero attached hydrogens (tertiary/aromatic N) is 1. The predicted octanol–water partition coefficient (Wildman–Crippen LogP) is 4.90. The number of thioether (sulfide) groups is 1. The Hall–Kier alpha value is -1.54. The summed E-state index contributed by atoms with van der Waals surface area (Å²) in [5, 5.41) is 10.7. The van der Waals surface area contributed by atoms with Crippen molar-refractivity contribution in [1.29, 1.82) is 5.41 Å². The zero-order valence-corrected chi connectivity index (χ0v) is 17.0. The number of amidine groups is 1. The highest BCUT2D eigenvalue weighted by atomic mass is 35.5. The minimum absolute atomic E-state index is 0. The molecular weight excluding hydrogens is 394 g/mol. The lowest BCUT2D eigenvalue weighted by molar-refractivity contribution is 0.414. The summed E-state index contributed by atoms with van der Waals surface area (Å²) >= 11 is 4.83. The number of methoxy groups -OCH3 is 1. The molecule has 0 atom stereocenters. The van der Waals surface area contributed by atoms with E-state index < -0.39 is 0 Å². The van der Waals surface area contributed by atoms with Crippen LogP contribution >= 0.6 is 46.8 Å². The summed E-state index contributed by atoms with van der Waals surface area (Å²) in [6, 6.07) is 10.0. The molecule has 0 fully saturated rings. The van der Waals surface area contributed by atoms with Crippen LogP contribution in [-0.2, 0) is 6.42 Å². The monoisotopic (exact) mass is 411 g/mol. The van der Waals surface area contributed by atoms with Gasteiger partial charge in [-0.25, -0.2) is 4.98 Å². The Morgan fingerprint density at radius 1 is 1.36 bits per heavy atom. The third-order valence-corrected chi connectivity index (χ3v) is 6.68. The van der Waals surface area contributed by atoms with E-state index in [2.05, 4.69) is 11.4 Å². The molecule has 4 nitrogen and oxygen atoms in total. The Kier molecular flexibility index (Phi) is 6.89. The second-order valence-electron chi connectivity index (χ2n) is 5.10. The van der Waals surface area contributed by atoms with Gasteiger partial charge in [-0.15, -0.1) is 46.8 Å². The van der Waals surface area contributed by atoms with E-state index in [0.717, 1.165) is 37.5 Å². The molecule has 0 saturated carbocycles. The van der Waals surface area contributed by atoms with Gasteiger partial charge in [-0.05, 0) is 30.0 Å². The van der Waals surface area contributed by atoms with Gasteiger partial charge in [-0.1, -0.05) is 12.1 Å². The average molecular weight is 412 g/mol. The van der Waals surface area contributed by atoms with Crippen molar-refractivity contribution in [3.8, 4) is 16.3 Å². The molecule has 3 aromatic rings. The first-order valence-corrected chi connectivity index (χ1v) is 10.1. The standard InChI is InChI=1S/C17H17N3OS3.ClH/c1-21-12-5-3-4-10(7-12)6-11-9-23-16(20-11)13-8-14(15(18)19)24-17(13)22-2;/h3-5,7-9H,6H2,1-2H3,(H3,18,19);1H. The maximum Gasteiger partial charge on any atom is 0.133 e. The van der Waals surface area contributed by atoms with E-state index in [9.17, 15) is 0 Å². The fourth-order valence-corrected chi connectivity index (χ4v) is 5.01. The lowest BCUT2D eigenvalue weighted by Crippen LogP contribution is -2.08. The summed E-state index contributed by atoms with van der Waals surface area (Å²) in [7, 11) is 1.67. The van der Waals surface area contributed by atoms with Gasteiger partial charge in [0, 0.05) is 17.4 Å². The van der Waals surface area contributed by atoms with Crippen molar-refractivity contribution in [2.24, 2.45) is 5.73 Å². The highest BCUT2D eigenvalue weighted by molar-refractivity contribution is 8.00. The molecule has 2 heterocycles. The van der Waals surface area contributed by atoms with Crippen LogP contribution in [0.2, 0.25) is 0 Å². The minimum atomic E-state index is 0. The first-order valence-electron chi connectivity index (χ1n) is 7.20. The molecule has 0 amide bonds. The summed E-state index contributed by atoms with van der Waals surface area (Å²) < 4.78 is 6.41. The van der Waals surface area contributed by atoms with E-state index in [-0.39, 0.29) is 18.2 Å². The largest absolute Gasteiger partial charge is 0.497 e. The highest BCUT2D eigenvalue weighted by Gasteiger charge is 2.15. The highest BCUT2D eigenvalue weighted by Crippen LogP contribution is 2.39. The number of thiophene rings is 1. The Morgan fingerprint density at radius 2 is 2.16 bits per heavy atom. The summed E-state index contributed by atoms with van der Waals surface area (Å²) in [6.45, 7) is 0. The third-order valence-electron chi connectivity index (χ3n) is 3.45. The molecule has 0 aliphatic heterocycles. The van der Waals surface area contributed by atoms with Gasteiger partial charge in [0.2, 0.25) is 0 Å². The van der Waals surface area contributed by atoms with Crippen molar-refractivity contribution in [3.05, 3.63) is 51.8 Å². The number of ether oxygens (including phenoxy) is 1. The van der Waals surface area contributed by atoms with E-state index in [4.69, 9.17) is 20.9 Å². The summed E-state index contributed by atoms with van der Waals surface area (Å²) in [6.07, 6.45) is 2.80. The fraction of sp³-hybridized carbons (Fsp3) is 0.176. The summed E-state index contributed by atoms with van der Waals surface area (Å²) in [5.41, 5.74) is 8.89.